The fourth-order valence-electron chi connectivity index (χ4n) is 1.56. The van der Waals surface area contributed by atoms with Gasteiger partial charge in [-0.3, -0.25) is 10.1 Å². The van der Waals surface area contributed by atoms with E-state index in [0.717, 1.165) is 25.0 Å². The SMILES string of the molecule is CC(=O)OCC1=CCNC1.CC(C)(C)OC(=O)N=CNC(=O)OC(C)(C)C. The fraction of sp³-hybridized carbons (Fsp3) is 0.667. The number of hydrogen-bond donors (Lipinski definition) is 2. The van der Waals surface area contributed by atoms with E-state index >= 15 is 0 Å². The van der Waals surface area contributed by atoms with Crippen molar-refractivity contribution in [3.05, 3.63) is 11.6 Å². The van der Waals surface area contributed by atoms with Crippen LogP contribution in [0.1, 0.15) is 48.5 Å². The van der Waals surface area contributed by atoms with Crippen molar-refractivity contribution in [2.75, 3.05) is 19.7 Å². The Morgan fingerprint density at radius 1 is 1.15 bits per heavy atom. The lowest BCUT2D eigenvalue weighted by Crippen LogP contribution is -2.32. The van der Waals surface area contributed by atoms with Crippen molar-refractivity contribution < 1.29 is 28.6 Å². The number of nitrogens with one attached hydrogen (secondary N) is 2. The number of ether oxygens (including phenoxy) is 3. The van der Waals surface area contributed by atoms with Gasteiger partial charge in [0.15, 0.2) is 0 Å². The number of carbonyl (C=O) groups excluding carboxylic acids is 3. The van der Waals surface area contributed by atoms with Crippen LogP contribution >= 0.6 is 0 Å². The summed E-state index contributed by atoms with van der Waals surface area (Å²) < 4.78 is 14.6. The number of rotatable bonds is 3. The highest BCUT2D eigenvalue weighted by atomic mass is 16.6. The van der Waals surface area contributed by atoms with Crippen molar-refractivity contribution in [2.45, 2.75) is 59.7 Å². The third kappa shape index (κ3) is 16.8. The standard InChI is InChI=1S/C11H20N2O4.C7H11NO2/c1-10(2,3)16-8(14)12-7-13-9(15)17-11(4,5)6;1-6(9)10-5-7-2-3-8-4-7/h7H,1-6H3,(H,12,13,14,15);2,8H,3-5H2,1H3. The number of aliphatic imine (C=N–C) groups is 1. The molecule has 0 radical (unpaired) electrons. The van der Waals surface area contributed by atoms with E-state index in [4.69, 9.17) is 14.2 Å². The molecule has 0 unspecified atom stereocenters. The average Bonchev–Trinajstić information content (AvgIpc) is 2.95. The molecule has 2 N–H and O–H groups in total. The Kier molecular flexibility index (Phi) is 10.3. The second kappa shape index (κ2) is 11.3. The zero-order valence-corrected chi connectivity index (χ0v) is 17.2. The predicted octanol–water partition coefficient (Wildman–Crippen LogP) is 2.55. The monoisotopic (exact) mass is 385 g/mol. The maximum atomic E-state index is 11.1. The van der Waals surface area contributed by atoms with Crippen LogP contribution in [0.5, 0.6) is 0 Å². The Morgan fingerprint density at radius 3 is 2.19 bits per heavy atom. The molecule has 27 heavy (non-hydrogen) atoms. The molecule has 9 nitrogen and oxygen atoms in total. The van der Waals surface area contributed by atoms with Gasteiger partial charge in [0, 0.05) is 20.0 Å². The predicted molar refractivity (Wildman–Crippen MR) is 102 cm³/mol. The van der Waals surface area contributed by atoms with Gasteiger partial charge in [-0.05, 0) is 47.1 Å². The molecule has 0 bridgehead atoms. The van der Waals surface area contributed by atoms with Crippen molar-refractivity contribution in [3.63, 3.8) is 0 Å². The molecule has 1 rings (SSSR count). The first-order valence-corrected chi connectivity index (χ1v) is 8.55. The minimum Gasteiger partial charge on any atom is -0.461 e. The van der Waals surface area contributed by atoms with Gasteiger partial charge in [-0.25, -0.2) is 9.59 Å². The van der Waals surface area contributed by atoms with Gasteiger partial charge < -0.3 is 19.5 Å². The number of esters is 1. The molecule has 0 aliphatic carbocycles. The molecule has 0 aromatic heterocycles. The molecular weight excluding hydrogens is 354 g/mol. The van der Waals surface area contributed by atoms with Crippen LogP contribution in [-0.2, 0) is 19.0 Å². The molecule has 154 valence electrons. The molecule has 0 aromatic carbocycles. The van der Waals surface area contributed by atoms with Gasteiger partial charge in [-0.15, -0.1) is 0 Å². The van der Waals surface area contributed by atoms with Gasteiger partial charge in [0.05, 0.1) is 0 Å². The van der Waals surface area contributed by atoms with E-state index in [1.54, 1.807) is 41.5 Å². The molecule has 0 saturated carbocycles. The topological polar surface area (TPSA) is 115 Å². The summed E-state index contributed by atoms with van der Waals surface area (Å²) in [5.41, 5.74) is -0.0420. The smallest absolute Gasteiger partial charge is 0.435 e. The molecule has 2 amide bonds. The van der Waals surface area contributed by atoms with Gasteiger partial charge >= 0.3 is 18.2 Å². The Bertz CT molecular complexity index is 571. The van der Waals surface area contributed by atoms with Crippen LogP contribution in [0.3, 0.4) is 0 Å². The first-order chi connectivity index (χ1) is 12.3. The summed E-state index contributed by atoms with van der Waals surface area (Å²) in [5.74, 6) is -0.215. The van der Waals surface area contributed by atoms with Gasteiger partial charge in [0.25, 0.3) is 0 Å². The quantitative estimate of drug-likeness (QED) is 0.252. The zero-order valence-electron chi connectivity index (χ0n) is 17.2. The summed E-state index contributed by atoms with van der Waals surface area (Å²) in [6.45, 7) is 14.0. The highest BCUT2D eigenvalue weighted by Gasteiger charge is 2.16. The van der Waals surface area contributed by atoms with Crippen LogP contribution < -0.4 is 10.6 Å². The Hall–Kier alpha value is -2.42. The van der Waals surface area contributed by atoms with Gasteiger partial charge in [0.1, 0.15) is 24.1 Å². The normalized spacial score (nSPS) is 14.0. The highest BCUT2D eigenvalue weighted by molar-refractivity contribution is 5.87. The van der Waals surface area contributed by atoms with Crippen LogP contribution in [0.15, 0.2) is 16.6 Å². The van der Waals surface area contributed by atoms with Crippen LogP contribution in [0.25, 0.3) is 0 Å². The summed E-state index contributed by atoms with van der Waals surface area (Å²) in [6.07, 6.45) is 1.55. The molecule has 9 heteroatoms. The lowest BCUT2D eigenvalue weighted by atomic mass is 10.2. The molecule has 0 fully saturated rings. The molecule has 0 saturated heterocycles. The second-order valence-electron chi connectivity index (χ2n) is 7.66. The molecule has 1 heterocycles. The molecule has 1 aliphatic heterocycles. The van der Waals surface area contributed by atoms with Crippen molar-refractivity contribution >= 4 is 24.5 Å². The van der Waals surface area contributed by atoms with Crippen LogP contribution in [0, 0.1) is 0 Å². The van der Waals surface area contributed by atoms with E-state index in [-0.39, 0.29) is 5.97 Å². The third-order valence-corrected chi connectivity index (χ3v) is 2.49. The van der Waals surface area contributed by atoms with E-state index in [1.165, 1.54) is 6.92 Å². The first-order valence-electron chi connectivity index (χ1n) is 8.55. The lowest BCUT2D eigenvalue weighted by molar-refractivity contribution is -0.139. The first kappa shape index (κ1) is 24.6. The zero-order chi connectivity index (χ0) is 21.1. The number of hydrogen-bond acceptors (Lipinski definition) is 7. The van der Waals surface area contributed by atoms with E-state index in [0.29, 0.717) is 6.61 Å². The van der Waals surface area contributed by atoms with Gasteiger partial charge in [-0.2, -0.15) is 4.99 Å². The van der Waals surface area contributed by atoms with Crippen LogP contribution in [0.2, 0.25) is 0 Å². The molecular formula is C18H31N3O6. The number of nitrogens with zero attached hydrogens (tertiary/aromatic N) is 1. The van der Waals surface area contributed by atoms with Gasteiger partial charge in [0.2, 0.25) is 0 Å². The fourth-order valence-corrected chi connectivity index (χ4v) is 1.56. The summed E-state index contributed by atoms with van der Waals surface area (Å²) in [4.78, 5) is 36.0. The highest BCUT2D eigenvalue weighted by Crippen LogP contribution is 2.08. The minimum atomic E-state index is -0.770. The Balaban J connectivity index is 0.000000569. The summed E-state index contributed by atoms with van der Waals surface area (Å²) in [6, 6.07) is 0. The maximum absolute atomic E-state index is 11.1. The third-order valence-electron chi connectivity index (χ3n) is 2.49. The molecule has 0 spiro atoms. The lowest BCUT2D eigenvalue weighted by Gasteiger charge is -2.18. The minimum absolute atomic E-state index is 0.215. The molecule has 1 aliphatic rings. The summed E-state index contributed by atoms with van der Waals surface area (Å²) in [7, 11) is 0. The largest absolute Gasteiger partial charge is 0.461 e. The number of alkyl carbamates (subject to hydrolysis) is 1. The van der Waals surface area contributed by atoms with Crippen molar-refractivity contribution in [2.24, 2.45) is 4.99 Å². The summed E-state index contributed by atoms with van der Waals surface area (Å²) >= 11 is 0. The Labute approximate surface area is 160 Å². The maximum Gasteiger partial charge on any atom is 0.435 e. The van der Waals surface area contributed by atoms with Crippen LogP contribution in [0.4, 0.5) is 9.59 Å². The molecule has 0 atom stereocenters. The summed E-state index contributed by atoms with van der Waals surface area (Å²) in [5, 5.41) is 5.31. The number of amides is 2. The van der Waals surface area contributed by atoms with E-state index in [9.17, 15) is 14.4 Å². The van der Waals surface area contributed by atoms with E-state index in [2.05, 4.69) is 15.6 Å². The van der Waals surface area contributed by atoms with Crippen molar-refractivity contribution in [3.8, 4) is 0 Å². The van der Waals surface area contributed by atoms with Crippen molar-refractivity contribution in [1.82, 2.24) is 10.6 Å². The van der Waals surface area contributed by atoms with E-state index < -0.39 is 23.4 Å². The van der Waals surface area contributed by atoms with Gasteiger partial charge in [-0.1, -0.05) is 6.08 Å². The second-order valence-corrected chi connectivity index (χ2v) is 7.66. The Morgan fingerprint density at radius 2 is 1.74 bits per heavy atom. The van der Waals surface area contributed by atoms with Crippen molar-refractivity contribution in [1.29, 1.82) is 0 Å². The average molecular weight is 385 g/mol. The molecule has 0 aromatic rings. The van der Waals surface area contributed by atoms with Crippen LogP contribution in [-0.4, -0.2) is 55.4 Å². The number of carbonyl (C=O) groups is 3. The van der Waals surface area contributed by atoms with E-state index in [1.807, 2.05) is 6.08 Å².